The van der Waals surface area contributed by atoms with Gasteiger partial charge in [0.1, 0.15) is 23.7 Å². The van der Waals surface area contributed by atoms with Crippen molar-refractivity contribution in [3.63, 3.8) is 0 Å². The lowest BCUT2D eigenvalue weighted by atomic mass is 9.94. The number of rotatable bonds is 16. The highest BCUT2D eigenvalue weighted by Gasteiger charge is 2.40. The number of Topliss-reactive ketones (excluding diaryl/α,β-unsaturated/α-hetero) is 1. The molecule has 6 N–H and O–H groups in total. The highest BCUT2D eigenvalue weighted by molar-refractivity contribution is 6.07. The summed E-state index contributed by atoms with van der Waals surface area (Å²) in [6.07, 6.45) is -1.02. The third-order valence-electron chi connectivity index (χ3n) is 8.24. The van der Waals surface area contributed by atoms with E-state index < -0.39 is 84.0 Å². The second kappa shape index (κ2) is 17.0. The fourth-order valence-corrected chi connectivity index (χ4v) is 5.63. The molecule has 0 saturated carbocycles. The molecular formula is C33H46N7O9+. The number of nitrogens with one attached hydrogen (secondary N) is 5. The SMILES string of the molecule is CC(=O)N[C@H](C(=O)N[C@H](C(=O)N[C@@H](CC(C)C)C(=O)N[C@@H](C[C@@H]1CCNC1=O)C(=O)C[N+]1=NC(=O)c2ccccc2C1=O)C(C)O)C(C)C. The van der Waals surface area contributed by atoms with Gasteiger partial charge in [0.2, 0.25) is 41.9 Å². The van der Waals surface area contributed by atoms with E-state index in [9.17, 15) is 43.5 Å². The number of carbonyl (C=O) groups is 8. The van der Waals surface area contributed by atoms with Crippen LogP contribution in [0.2, 0.25) is 0 Å². The number of azo groups is 2. The summed E-state index contributed by atoms with van der Waals surface area (Å²) in [4.78, 5) is 104. The first-order chi connectivity index (χ1) is 23.0. The number of fused-ring (bicyclic) bond motifs is 1. The summed E-state index contributed by atoms with van der Waals surface area (Å²) in [6.45, 7) is 9.21. The molecule has 0 bridgehead atoms. The van der Waals surface area contributed by atoms with E-state index in [4.69, 9.17) is 0 Å². The molecule has 49 heavy (non-hydrogen) atoms. The Bertz CT molecular complexity index is 1520. The van der Waals surface area contributed by atoms with E-state index in [1.165, 1.54) is 26.0 Å². The van der Waals surface area contributed by atoms with Gasteiger partial charge >= 0.3 is 11.8 Å². The zero-order valence-electron chi connectivity index (χ0n) is 28.6. The number of aliphatic hydroxyl groups excluding tert-OH is 1. The minimum absolute atomic E-state index is 0.0716. The molecule has 6 atom stereocenters. The first-order valence-corrected chi connectivity index (χ1v) is 16.3. The van der Waals surface area contributed by atoms with Crippen molar-refractivity contribution in [2.45, 2.75) is 91.1 Å². The largest absolute Gasteiger partial charge is 0.445 e. The average Bonchev–Trinajstić information content (AvgIpc) is 3.43. The Morgan fingerprint density at radius 1 is 0.878 bits per heavy atom. The van der Waals surface area contributed by atoms with Crippen molar-refractivity contribution in [1.29, 1.82) is 0 Å². The van der Waals surface area contributed by atoms with Crippen LogP contribution in [0.15, 0.2) is 29.4 Å². The molecule has 1 aromatic carbocycles. The van der Waals surface area contributed by atoms with Gasteiger partial charge in [-0.3, -0.25) is 33.6 Å². The van der Waals surface area contributed by atoms with Crippen LogP contribution in [-0.4, -0.2) is 100 Å². The lowest BCUT2D eigenvalue weighted by molar-refractivity contribution is -0.483. The molecule has 3 rings (SSSR count). The minimum Gasteiger partial charge on any atom is -0.391 e. The van der Waals surface area contributed by atoms with Crippen molar-refractivity contribution in [2.24, 2.45) is 22.9 Å². The summed E-state index contributed by atoms with van der Waals surface area (Å²) in [7, 11) is 0. The van der Waals surface area contributed by atoms with Crippen molar-refractivity contribution in [2.75, 3.05) is 13.1 Å². The summed E-state index contributed by atoms with van der Waals surface area (Å²) in [5.41, 5.74) is 0.166. The molecule has 2 heterocycles. The van der Waals surface area contributed by atoms with Gasteiger partial charge in [0, 0.05) is 24.5 Å². The summed E-state index contributed by atoms with van der Waals surface area (Å²) >= 11 is 0. The quantitative estimate of drug-likeness (QED) is 0.124. The lowest BCUT2D eigenvalue weighted by Gasteiger charge is -2.29. The average molecular weight is 685 g/mol. The molecule has 0 aliphatic carbocycles. The van der Waals surface area contributed by atoms with Crippen LogP contribution in [-0.2, 0) is 28.8 Å². The van der Waals surface area contributed by atoms with E-state index in [2.05, 4.69) is 31.7 Å². The van der Waals surface area contributed by atoms with Crippen LogP contribution in [0.5, 0.6) is 0 Å². The van der Waals surface area contributed by atoms with Crippen LogP contribution in [0, 0.1) is 17.8 Å². The van der Waals surface area contributed by atoms with Crippen molar-refractivity contribution in [1.82, 2.24) is 26.6 Å². The summed E-state index contributed by atoms with van der Waals surface area (Å²) < 4.78 is 0.732. The molecule has 0 aromatic heterocycles. The number of nitrogens with zero attached hydrogens (tertiary/aromatic N) is 2. The maximum atomic E-state index is 13.8. The highest BCUT2D eigenvalue weighted by atomic mass is 16.3. The number of benzene rings is 1. The highest BCUT2D eigenvalue weighted by Crippen LogP contribution is 2.20. The van der Waals surface area contributed by atoms with E-state index in [0.29, 0.717) is 13.0 Å². The molecule has 0 radical (unpaired) electrons. The molecule has 16 nitrogen and oxygen atoms in total. The van der Waals surface area contributed by atoms with Crippen LogP contribution < -0.4 is 26.6 Å². The molecular weight excluding hydrogens is 638 g/mol. The molecule has 1 aromatic rings. The number of carbonyl (C=O) groups excluding carboxylic acids is 8. The Morgan fingerprint density at radius 3 is 2.04 bits per heavy atom. The fourth-order valence-electron chi connectivity index (χ4n) is 5.63. The van der Waals surface area contributed by atoms with Gasteiger partial charge in [-0.2, -0.15) is 0 Å². The van der Waals surface area contributed by atoms with Gasteiger partial charge < -0.3 is 31.7 Å². The Labute approximate surface area is 284 Å². The molecule has 266 valence electrons. The summed E-state index contributed by atoms with van der Waals surface area (Å²) in [5.74, 6) is -6.36. The van der Waals surface area contributed by atoms with Crippen molar-refractivity contribution in [3.05, 3.63) is 35.4 Å². The molecule has 2 aliphatic rings. The van der Waals surface area contributed by atoms with Gasteiger partial charge in [-0.15, -0.1) is 0 Å². The van der Waals surface area contributed by atoms with Crippen molar-refractivity contribution in [3.8, 4) is 0 Å². The zero-order chi connectivity index (χ0) is 36.6. The Hall–Kier alpha value is -4.86. The van der Waals surface area contributed by atoms with Crippen molar-refractivity contribution < 1.29 is 48.2 Å². The Morgan fingerprint density at radius 2 is 1.49 bits per heavy atom. The van der Waals surface area contributed by atoms with Crippen LogP contribution in [0.4, 0.5) is 0 Å². The molecule has 1 saturated heterocycles. The number of aliphatic hydroxyl groups is 1. The number of hydrogen-bond acceptors (Lipinski definition) is 9. The Balaban J connectivity index is 1.82. The lowest BCUT2D eigenvalue weighted by Crippen LogP contribution is -2.61. The molecule has 1 fully saturated rings. The predicted molar refractivity (Wildman–Crippen MR) is 173 cm³/mol. The van der Waals surface area contributed by atoms with Gasteiger partial charge in [0.25, 0.3) is 0 Å². The first kappa shape index (κ1) is 38.6. The molecule has 7 amide bonds. The molecule has 16 heteroatoms. The summed E-state index contributed by atoms with van der Waals surface area (Å²) in [6, 6.07) is 0.983. The topological polar surface area (TPSA) is 232 Å². The van der Waals surface area contributed by atoms with E-state index in [0.717, 1.165) is 4.70 Å². The Kier molecular flexibility index (Phi) is 13.4. The second-order valence-corrected chi connectivity index (χ2v) is 13.2. The predicted octanol–water partition coefficient (Wildman–Crippen LogP) is -0.417. The van der Waals surface area contributed by atoms with E-state index >= 15 is 0 Å². The number of hydrogen-bond donors (Lipinski definition) is 6. The monoisotopic (exact) mass is 684 g/mol. The van der Waals surface area contributed by atoms with Crippen molar-refractivity contribution >= 4 is 47.1 Å². The number of ketones is 1. The molecule has 0 spiro atoms. The summed E-state index contributed by atoms with van der Waals surface area (Å²) in [5, 5.41) is 27.0. The first-order valence-electron chi connectivity index (χ1n) is 16.3. The van der Waals surface area contributed by atoms with Crippen LogP contribution in [0.1, 0.15) is 81.5 Å². The van der Waals surface area contributed by atoms with Gasteiger partial charge in [0.15, 0.2) is 0 Å². The standard InChI is InChI=1S/C33H45N7O9/c1-16(2)13-24(37-32(48)27(18(5)41)38-31(47)26(17(3)4)35-19(6)42)30(46)36-23(14-20-11-12-34-28(20)44)25(43)15-40-33(49)22-10-8-7-9-21(22)29(45)39-40/h7-10,16-18,20,23-24,26-27,41H,11-15H2,1-6H3,(H4-,34,35,36,37,38,42,44,46,47,48)/p+1/t18?,20-,23-,24-,26-,27-/m0/s1. The van der Waals surface area contributed by atoms with Gasteiger partial charge in [0.05, 0.1) is 17.7 Å². The van der Waals surface area contributed by atoms with Crippen LogP contribution in [0.25, 0.3) is 0 Å². The normalized spacial score (nSPS) is 18.8. The minimum atomic E-state index is -1.50. The van der Waals surface area contributed by atoms with Gasteiger partial charge in [-0.1, -0.05) is 39.8 Å². The second-order valence-electron chi connectivity index (χ2n) is 13.2. The van der Waals surface area contributed by atoms with Crippen LogP contribution >= 0.6 is 0 Å². The van der Waals surface area contributed by atoms with Crippen LogP contribution in [0.3, 0.4) is 0 Å². The molecule has 2 aliphatic heterocycles. The van der Waals surface area contributed by atoms with E-state index in [1.54, 1.807) is 39.8 Å². The maximum Gasteiger partial charge on any atom is 0.445 e. The molecule has 1 unspecified atom stereocenters. The van der Waals surface area contributed by atoms with Gasteiger partial charge in [-0.05, 0) is 54.9 Å². The third-order valence-corrected chi connectivity index (χ3v) is 8.24. The maximum absolute atomic E-state index is 13.8. The van der Waals surface area contributed by atoms with E-state index in [-0.39, 0.29) is 41.7 Å². The fraction of sp³-hybridized carbons (Fsp3) is 0.576. The third kappa shape index (κ3) is 10.3. The number of amides is 7. The van der Waals surface area contributed by atoms with E-state index in [1.807, 2.05) is 0 Å². The van der Waals surface area contributed by atoms with Gasteiger partial charge in [-0.25, -0.2) is 4.79 Å². The zero-order valence-corrected chi connectivity index (χ0v) is 28.6. The smallest absolute Gasteiger partial charge is 0.391 e.